The molecule has 2 aromatic rings. The first-order valence-electron chi connectivity index (χ1n) is 10.5. The number of H-pyrrole nitrogens is 1. The second-order valence-corrected chi connectivity index (χ2v) is 10.0. The highest BCUT2D eigenvalue weighted by atomic mass is 16.6. The van der Waals surface area contributed by atoms with E-state index in [1.807, 2.05) is 52.8 Å². The van der Waals surface area contributed by atoms with Gasteiger partial charge in [-0.2, -0.15) is 0 Å². The summed E-state index contributed by atoms with van der Waals surface area (Å²) in [6, 6.07) is 5.69. The molecule has 0 spiro atoms. The largest absolute Gasteiger partial charge is 0.444 e. The van der Waals surface area contributed by atoms with E-state index in [1.54, 1.807) is 26.2 Å². The molecule has 30 heavy (non-hydrogen) atoms. The number of nitrogens with one attached hydrogen (secondary N) is 1. The molecule has 1 atom stereocenters. The highest BCUT2D eigenvalue weighted by Crippen LogP contribution is 2.32. The number of hydrogen-bond acceptors (Lipinski definition) is 5. The summed E-state index contributed by atoms with van der Waals surface area (Å²) >= 11 is 0. The standard InChI is InChI=1S/C22H33BN3O4/c1-20(2,3)29-19(27)26-12-8-9-17(26)18-24-15-11-10-14(13-16(15)25-18)23-30-22(6,7)21(4,5)28/h10-11,13,17,28H,8-9,12H2,1-7H3,(H,24,25). The van der Waals surface area contributed by atoms with Gasteiger partial charge in [-0.1, -0.05) is 11.5 Å². The molecule has 1 saturated heterocycles. The van der Waals surface area contributed by atoms with Crippen molar-refractivity contribution < 1.29 is 19.3 Å². The molecule has 1 radical (unpaired) electrons. The number of carbonyl (C=O) groups excluding carboxylic acids is 1. The predicted molar refractivity (Wildman–Crippen MR) is 118 cm³/mol. The van der Waals surface area contributed by atoms with Gasteiger partial charge in [0.25, 0.3) is 0 Å². The minimum atomic E-state index is -0.984. The lowest BCUT2D eigenvalue weighted by Gasteiger charge is -2.37. The number of carbonyl (C=O) groups is 1. The number of imidazole rings is 1. The molecular formula is C22H33BN3O4. The Morgan fingerprint density at radius 3 is 2.57 bits per heavy atom. The highest BCUT2D eigenvalue weighted by molar-refractivity contribution is 6.47. The van der Waals surface area contributed by atoms with E-state index in [-0.39, 0.29) is 12.1 Å². The van der Waals surface area contributed by atoms with Crippen LogP contribution in [-0.2, 0) is 9.39 Å². The van der Waals surface area contributed by atoms with E-state index in [1.165, 1.54) is 0 Å². The number of benzene rings is 1. The molecule has 1 amide bonds. The van der Waals surface area contributed by atoms with Crippen molar-refractivity contribution >= 4 is 30.1 Å². The van der Waals surface area contributed by atoms with Gasteiger partial charge in [0.15, 0.2) is 0 Å². The Morgan fingerprint density at radius 1 is 1.23 bits per heavy atom. The van der Waals surface area contributed by atoms with Gasteiger partial charge in [0, 0.05) is 6.54 Å². The summed E-state index contributed by atoms with van der Waals surface area (Å²) in [5.74, 6) is 0.767. The van der Waals surface area contributed by atoms with Crippen molar-refractivity contribution in [2.24, 2.45) is 0 Å². The summed E-state index contributed by atoms with van der Waals surface area (Å²) in [5.41, 5.74) is 0.325. The normalized spacial score (nSPS) is 18.1. The number of hydrogen-bond donors (Lipinski definition) is 2. The van der Waals surface area contributed by atoms with Crippen LogP contribution in [-0.4, -0.2) is 56.9 Å². The number of likely N-dealkylation sites (tertiary alicyclic amines) is 1. The van der Waals surface area contributed by atoms with Gasteiger partial charge in [0.2, 0.25) is 0 Å². The molecule has 7 nitrogen and oxygen atoms in total. The number of rotatable bonds is 5. The molecule has 163 valence electrons. The Balaban J connectivity index is 1.76. The molecule has 2 N–H and O–H groups in total. The SMILES string of the molecule is CC(C)(C)OC(=O)N1CCCC1c1nc2ccc([B]OC(C)(C)C(C)(C)O)cc2[nH]1. The summed E-state index contributed by atoms with van der Waals surface area (Å²) in [7, 11) is 1.65. The van der Waals surface area contributed by atoms with Crippen LogP contribution in [0.3, 0.4) is 0 Å². The topological polar surface area (TPSA) is 87.7 Å². The summed E-state index contributed by atoms with van der Waals surface area (Å²) in [6.07, 6.45) is 1.46. The van der Waals surface area contributed by atoms with Gasteiger partial charge in [-0.3, -0.25) is 4.90 Å². The van der Waals surface area contributed by atoms with Gasteiger partial charge in [0.05, 0.1) is 28.3 Å². The Morgan fingerprint density at radius 2 is 1.93 bits per heavy atom. The maximum Gasteiger partial charge on any atom is 0.410 e. The summed E-state index contributed by atoms with van der Waals surface area (Å²) in [6.45, 7) is 13.4. The first-order valence-corrected chi connectivity index (χ1v) is 10.5. The second-order valence-electron chi connectivity index (χ2n) is 10.0. The van der Waals surface area contributed by atoms with Crippen LogP contribution >= 0.6 is 0 Å². The lowest BCUT2D eigenvalue weighted by molar-refractivity contribution is -0.0893. The summed E-state index contributed by atoms with van der Waals surface area (Å²) < 4.78 is 11.4. The molecule has 1 aliphatic rings. The van der Waals surface area contributed by atoms with Crippen LogP contribution in [0, 0.1) is 0 Å². The second kappa shape index (κ2) is 7.89. The van der Waals surface area contributed by atoms with Crippen molar-refractivity contribution in [1.29, 1.82) is 0 Å². The Kier molecular flexibility index (Phi) is 5.95. The smallest absolute Gasteiger partial charge is 0.410 e. The van der Waals surface area contributed by atoms with E-state index in [0.717, 1.165) is 35.2 Å². The van der Waals surface area contributed by atoms with Crippen molar-refractivity contribution in [1.82, 2.24) is 14.9 Å². The van der Waals surface area contributed by atoms with Gasteiger partial charge in [-0.05, 0) is 73.4 Å². The predicted octanol–water partition coefficient (Wildman–Crippen LogP) is 3.45. The van der Waals surface area contributed by atoms with E-state index in [2.05, 4.69) is 4.98 Å². The number of amides is 1. The average Bonchev–Trinajstić information content (AvgIpc) is 3.23. The maximum atomic E-state index is 12.6. The van der Waals surface area contributed by atoms with Crippen molar-refractivity contribution in [2.45, 2.75) is 84.2 Å². The quantitative estimate of drug-likeness (QED) is 0.732. The fourth-order valence-corrected chi connectivity index (χ4v) is 3.23. The number of nitrogens with zero attached hydrogens (tertiary/aromatic N) is 2. The zero-order chi connectivity index (χ0) is 22.3. The molecule has 1 aliphatic heterocycles. The Bertz CT molecular complexity index is 911. The number of aliphatic hydroxyl groups is 1. The van der Waals surface area contributed by atoms with Crippen LogP contribution in [0.15, 0.2) is 18.2 Å². The molecular weight excluding hydrogens is 381 g/mol. The van der Waals surface area contributed by atoms with Gasteiger partial charge in [0.1, 0.15) is 11.4 Å². The van der Waals surface area contributed by atoms with Crippen molar-refractivity contribution in [2.75, 3.05) is 6.54 Å². The molecule has 1 aromatic heterocycles. The van der Waals surface area contributed by atoms with Gasteiger partial charge >= 0.3 is 13.6 Å². The van der Waals surface area contributed by atoms with Gasteiger partial charge in [-0.25, -0.2) is 9.78 Å². The average molecular weight is 414 g/mol. The summed E-state index contributed by atoms with van der Waals surface area (Å²) in [4.78, 5) is 22.4. The van der Waals surface area contributed by atoms with Crippen LogP contribution in [0.1, 0.15) is 73.2 Å². The molecule has 0 aliphatic carbocycles. The minimum absolute atomic E-state index is 0.120. The van der Waals surface area contributed by atoms with Gasteiger partial charge in [-0.15, -0.1) is 0 Å². The van der Waals surface area contributed by atoms with Crippen LogP contribution in [0.25, 0.3) is 11.0 Å². The highest BCUT2D eigenvalue weighted by Gasteiger charge is 2.36. The Labute approximate surface area is 179 Å². The minimum Gasteiger partial charge on any atom is -0.444 e. The van der Waals surface area contributed by atoms with Crippen LogP contribution in [0.2, 0.25) is 0 Å². The third-order valence-electron chi connectivity index (χ3n) is 5.68. The summed E-state index contributed by atoms with van der Waals surface area (Å²) in [5, 5.41) is 10.3. The zero-order valence-electron chi connectivity index (χ0n) is 19.1. The van der Waals surface area contributed by atoms with E-state index >= 15 is 0 Å². The molecule has 0 saturated carbocycles. The zero-order valence-corrected chi connectivity index (χ0v) is 19.1. The van der Waals surface area contributed by atoms with Gasteiger partial charge < -0.3 is 19.5 Å². The lowest BCUT2D eigenvalue weighted by Crippen LogP contribution is -2.49. The van der Waals surface area contributed by atoms with E-state index < -0.39 is 16.8 Å². The van der Waals surface area contributed by atoms with Crippen LogP contribution in [0.5, 0.6) is 0 Å². The number of fused-ring (bicyclic) bond motifs is 1. The monoisotopic (exact) mass is 414 g/mol. The third-order valence-corrected chi connectivity index (χ3v) is 5.68. The molecule has 1 fully saturated rings. The molecule has 3 rings (SSSR count). The van der Waals surface area contributed by atoms with Crippen LogP contribution < -0.4 is 5.46 Å². The molecule has 1 unspecified atom stereocenters. The lowest BCUT2D eigenvalue weighted by atomic mass is 9.82. The van der Waals surface area contributed by atoms with Crippen molar-refractivity contribution in [3.63, 3.8) is 0 Å². The molecule has 2 heterocycles. The fourth-order valence-electron chi connectivity index (χ4n) is 3.23. The number of ether oxygens (including phenoxy) is 1. The van der Waals surface area contributed by atoms with Crippen LogP contribution in [0.4, 0.5) is 4.79 Å². The van der Waals surface area contributed by atoms with Crippen molar-refractivity contribution in [3.05, 3.63) is 24.0 Å². The fraction of sp³-hybridized carbons (Fsp3) is 0.636. The number of aromatic nitrogens is 2. The number of aromatic amines is 1. The van der Waals surface area contributed by atoms with Crippen molar-refractivity contribution in [3.8, 4) is 0 Å². The maximum absolute atomic E-state index is 12.6. The van der Waals surface area contributed by atoms with E-state index in [0.29, 0.717) is 6.54 Å². The van der Waals surface area contributed by atoms with E-state index in [4.69, 9.17) is 14.4 Å². The first kappa shape index (κ1) is 22.6. The third kappa shape index (κ3) is 4.98. The molecule has 1 aromatic carbocycles. The Hall–Kier alpha value is -2.06. The van der Waals surface area contributed by atoms with E-state index in [9.17, 15) is 9.90 Å². The molecule has 0 bridgehead atoms. The molecule has 8 heteroatoms. The first-order chi connectivity index (χ1) is 13.8.